The topological polar surface area (TPSA) is 91.9 Å². The molecule has 0 saturated carbocycles. The molecule has 3 aromatic rings. The van der Waals surface area contributed by atoms with Crippen LogP contribution >= 0.6 is 39.3 Å². The van der Waals surface area contributed by atoms with E-state index in [0.717, 1.165) is 10.2 Å². The third kappa shape index (κ3) is 4.51. The van der Waals surface area contributed by atoms with Gasteiger partial charge >= 0.3 is 5.97 Å². The fourth-order valence-corrected chi connectivity index (χ4v) is 4.02. The number of carboxylic acids is 1. The molecule has 1 saturated heterocycles. The minimum atomic E-state index is -1.10. The molecule has 150 valence electrons. The van der Waals surface area contributed by atoms with Crippen LogP contribution in [-0.4, -0.2) is 22.2 Å². The van der Waals surface area contributed by atoms with Crippen molar-refractivity contribution in [2.45, 2.75) is 0 Å². The van der Waals surface area contributed by atoms with Crippen molar-refractivity contribution in [1.29, 1.82) is 0 Å². The number of thioether (sulfide) groups is 1. The highest BCUT2D eigenvalue weighted by Gasteiger charge is 2.24. The van der Waals surface area contributed by atoms with Crippen LogP contribution in [0, 0.1) is 0 Å². The number of carboxylic acid groups (broad SMARTS) is 1. The second kappa shape index (κ2) is 8.51. The van der Waals surface area contributed by atoms with E-state index in [1.807, 2.05) is 24.3 Å². The van der Waals surface area contributed by atoms with Gasteiger partial charge in [-0.25, -0.2) is 9.79 Å². The molecule has 2 aromatic carbocycles. The van der Waals surface area contributed by atoms with Crippen LogP contribution in [0.5, 0.6) is 0 Å². The summed E-state index contributed by atoms with van der Waals surface area (Å²) in [5, 5.41) is 12.4. The first kappa shape index (κ1) is 20.5. The fraction of sp³-hybridized carbons (Fsp3) is 0. The van der Waals surface area contributed by atoms with Gasteiger partial charge in [-0.05, 0) is 60.3 Å². The van der Waals surface area contributed by atoms with Gasteiger partial charge in [0.2, 0.25) is 0 Å². The van der Waals surface area contributed by atoms with Gasteiger partial charge in [-0.1, -0.05) is 33.6 Å². The predicted molar refractivity (Wildman–Crippen MR) is 121 cm³/mol. The van der Waals surface area contributed by atoms with E-state index >= 15 is 0 Å². The molecule has 1 amide bonds. The summed E-state index contributed by atoms with van der Waals surface area (Å²) in [6, 6.07) is 15.4. The normalized spacial score (nSPS) is 16.3. The zero-order valence-corrected chi connectivity index (χ0v) is 18.2. The van der Waals surface area contributed by atoms with Gasteiger partial charge in [0.15, 0.2) is 5.17 Å². The Morgan fingerprint density at radius 3 is 2.63 bits per heavy atom. The second-order valence-electron chi connectivity index (χ2n) is 6.16. The van der Waals surface area contributed by atoms with Gasteiger partial charge in [-0.2, -0.15) is 0 Å². The molecule has 4 rings (SSSR count). The van der Waals surface area contributed by atoms with Crippen molar-refractivity contribution in [3.05, 3.63) is 80.3 Å². The molecule has 2 N–H and O–H groups in total. The number of hydrogen-bond donors (Lipinski definition) is 2. The number of amides is 1. The number of benzene rings is 2. The van der Waals surface area contributed by atoms with Crippen LogP contribution in [0.15, 0.2) is 73.4 Å². The lowest BCUT2D eigenvalue weighted by Gasteiger charge is -2.01. The van der Waals surface area contributed by atoms with Crippen LogP contribution in [0.4, 0.5) is 5.69 Å². The molecule has 2 heterocycles. The molecule has 6 nitrogen and oxygen atoms in total. The van der Waals surface area contributed by atoms with Crippen molar-refractivity contribution in [2.75, 3.05) is 0 Å². The Morgan fingerprint density at radius 1 is 1.17 bits per heavy atom. The van der Waals surface area contributed by atoms with Gasteiger partial charge in [-0.3, -0.25) is 4.79 Å². The maximum atomic E-state index is 12.3. The number of aliphatic imine (C=N–C) groups is 1. The molecule has 0 atom stereocenters. The average molecular weight is 504 g/mol. The molecule has 1 aliphatic heterocycles. The molecule has 0 aliphatic carbocycles. The number of nitrogens with one attached hydrogen (secondary N) is 1. The lowest BCUT2D eigenvalue weighted by atomic mass is 10.1. The molecule has 30 heavy (non-hydrogen) atoms. The van der Waals surface area contributed by atoms with E-state index in [1.54, 1.807) is 24.3 Å². The summed E-state index contributed by atoms with van der Waals surface area (Å²) in [6.07, 6.45) is 1.63. The van der Waals surface area contributed by atoms with Crippen LogP contribution in [0.25, 0.3) is 17.4 Å². The van der Waals surface area contributed by atoms with E-state index in [1.165, 1.54) is 23.9 Å². The SMILES string of the molecule is O=C1NC(=Nc2ccc(Br)cc2)S/C1=C\c1ccc(-c2ccc(C(=O)O)c(Cl)c2)o1. The first-order valence-corrected chi connectivity index (χ1v) is 10.6. The maximum absolute atomic E-state index is 12.3. The van der Waals surface area contributed by atoms with Crippen LogP contribution in [0.3, 0.4) is 0 Å². The molecule has 0 spiro atoms. The summed E-state index contributed by atoms with van der Waals surface area (Å²) >= 11 is 10.6. The zero-order valence-electron chi connectivity index (χ0n) is 15.1. The summed E-state index contributed by atoms with van der Waals surface area (Å²) in [6.45, 7) is 0. The van der Waals surface area contributed by atoms with Gasteiger partial charge < -0.3 is 14.8 Å². The van der Waals surface area contributed by atoms with Gasteiger partial charge in [0.25, 0.3) is 5.91 Å². The molecule has 0 unspecified atom stereocenters. The van der Waals surface area contributed by atoms with Crippen molar-refractivity contribution >= 4 is 68.1 Å². The van der Waals surface area contributed by atoms with E-state index in [2.05, 4.69) is 26.2 Å². The van der Waals surface area contributed by atoms with E-state index in [0.29, 0.717) is 27.2 Å². The molecule has 9 heteroatoms. The molecule has 1 aliphatic rings. The summed E-state index contributed by atoms with van der Waals surface area (Å²) in [4.78, 5) is 28.2. The number of nitrogens with zero attached hydrogens (tertiary/aromatic N) is 1. The average Bonchev–Trinajstić information content (AvgIpc) is 3.30. The maximum Gasteiger partial charge on any atom is 0.337 e. The quantitative estimate of drug-likeness (QED) is 0.429. The third-order valence-corrected chi connectivity index (χ3v) is 5.84. The number of carbonyl (C=O) groups is 2. The Balaban J connectivity index is 1.54. The van der Waals surface area contributed by atoms with Crippen molar-refractivity contribution in [2.24, 2.45) is 4.99 Å². The minimum absolute atomic E-state index is 0.0194. The largest absolute Gasteiger partial charge is 0.478 e. The summed E-state index contributed by atoms with van der Waals surface area (Å²) < 4.78 is 6.73. The van der Waals surface area contributed by atoms with Crippen LogP contribution in [-0.2, 0) is 4.79 Å². The Bertz CT molecular complexity index is 1220. The van der Waals surface area contributed by atoms with Crippen molar-refractivity contribution in [3.63, 3.8) is 0 Å². The Hall–Kier alpha value is -2.81. The van der Waals surface area contributed by atoms with Gasteiger partial charge in [0, 0.05) is 16.1 Å². The lowest BCUT2D eigenvalue weighted by Crippen LogP contribution is -2.19. The standard InChI is InChI=1S/C21H12BrClN2O4S/c22-12-2-4-13(5-3-12)24-21-25-19(26)18(30-21)10-14-6-8-17(29-14)11-1-7-15(20(27)28)16(23)9-11/h1-10H,(H,27,28)(H,24,25,26)/b18-10-. The molecule has 1 fully saturated rings. The van der Waals surface area contributed by atoms with Crippen molar-refractivity contribution < 1.29 is 19.1 Å². The van der Waals surface area contributed by atoms with E-state index in [-0.39, 0.29) is 16.5 Å². The Morgan fingerprint density at radius 2 is 1.93 bits per heavy atom. The van der Waals surface area contributed by atoms with Gasteiger partial charge in [0.1, 0.15) is 11.5 Å². The van der Waals surface area contributed by atoms with E-state index in [9.17, 15) is 9.59 Å². The number of rotatable bonds is 4. The number of amidine groups is 1. The number of hydrogen-bond acceptors (Lipinski definition) is 5. The number of halogens is 2. The monoisotopic (exact) mass is 502 g/mol. The highest BCUT2D eigenvalue weighted by molar-refractivity contribution is 9.10. The van der Waals surface area contributed by atoms with Crippen molar-refractivity contribution in [3.8, 4) is 11.3 Å². The van der Waals surface area contributed by atoms with Crippen LogP contribution in [0.2, 0.25) is 5.02 Å². The highest BCUT2D eigenvalue weighted by atomic mass is 79.9. The van der Waals surface area contributed by atoms with E-state index < -0.39 is 5.97 Å². The fourth-order valence-electron chi connectivity index (χ4n) is 2.67. The second-order valence-corrected chi connectivity index (χ2v) is 8.51. The molecular weight excluding hydrogens is 492 g/mol. The van der Waals surface area contributed by atoms with Crippen LogP contribution in [0.1, 0.15) is 16.1 Å². The first-order chi connectivity index (χ1) is 14.4. The van der Waals surface area contributed by atoms with Crippen LogP contribution < -0.4 is 5.32 Å². The van der Waals surface area contributed by atoms with Gasteiger partial charge in [0.05, 0.1) is 21.2 Å². The number of aromatic carboxylic acids is 1. The smallest absolute Gasteiger partial charge is 0.337 e. The highest BCUT2D eigenvalue weighted by Crippen LogP contribution is 2.31. The number of furan rings is 1. The zero-order chi connectivity index (χ0) is 21.3. The molecular formula is C21H12BrClN2O4S. The molecule has 1 aromatic heterocycles. The Labute approximate surface area is 188 Å². The molecule has 0 bridgehead atoms. The lowest BCUT2D eigenvalue weighted by molar-refractivity contribution is -0.115. The summed E-state index contributed by atoms with van der Waals surface area (Å²) in [5.74, 6) is -0.372. The minimum Gasteiger partial charge on any atom is -0.478 e. The summed E-state index contributed by atoms with van der Waals surface area (Å²) in [5.41, 5.74) is 1.38. The van der Waals surface area contributed by atoms with Crippen molar-refractivity contribution in [1.82, 2.24) is 5.32 Å². The Kier molecular flexibility index (Phi) is 5.80. The third-order valence-electron chi connectivity index (χ3n) is 4.09. The number of carbonyl (C=O) groups excluding carboxylic acids is 1. The predicted octanol–water partition coefficient (Wildman–Crippen LogP) is 5.95. The molecule has 0 radical (unpaired) electrons. The van der Waals surface area contributed by atoms with E-state index in [4.69, 9.17) is 21.1 Å². The summed E-state index contributed by atoms with van der Waals surface area (Å²) in [7, 11) is 0. The first-order valence-electron chi connectivity index (χ1n) is 8.57. The van der Waals surface area contributed by atoms with Gasteiger partial charge in [-0.15, -0.1) is 0 Å².